The minimum atomic E-state index is -0.189. The zero-order valence-corrected chi connectivity index (χ0v) is 18.0. The van der Waals surface area contributed by atoms with Crippen molar-refractivity contribution < 1.29 is 4.39 Å². The van der Waals surface area contributed by atoms with Gasteiger partial charge in [-0.3, -0.25) is 9.98 Å². The van der Waals surface area contributed by atoms with Crippen molar-refractivity contribution >= 4 is 29.9 Å². The average molecular weight is 470 g/mol. The smallest absolute Gasteiger partial charge is 0.191 e. The molecule has 0 saturated heterocycles. The third kappa shape index (κ3) is 7.68. The molecule has 0 spiro atoms. The minimum absolute atomic E-state index is 0. The Hall–Kier alpha value is -1.70. The highest BCUT2D eigenvalue weighted by molar-refractivity contribution is 14.0. The lowest BCUT2D eigenvalue weighted by Crippen LogP contribution is -2.38. The normalized spacial score (nSPS) is 11.0. The fourth-order valence-corrected chi connectivity index (χ4v) is 2.54. The highest BCUT2D eigenvalue weighted by Crippen LogP contribution is 2.10. The SMILES string of the molecule is CCNC(=NCCc1ccc(F)cc1C)NCCc1ccc(C)nc1.I. The van der Waals surface area contributed by atoms with Crippen LogP contribution in [0.5, 0.6) is 0 Å². The molecule has 1 aromatic carbocycles. The van der Waals surface area contributed by atoms with Gasteiger partial charge in [0.15, 0.2) is 5.96 Å². The van der Waals surface area contributed by atoms with Crippen molar-refractivity contribution in [2.45, 2.75) is 33.6 Å². The highest BCUT2D eigenvalue weighted by atomic mass is 127. The summed E-state index contributed by atoms with van der Waals surface area (Å²) in [6.07, 6.45) is 3.61. The van der Waals surface area contributed by atoms with E-state index < -0.39 is 0 Å². The predicted molar refractivity (Wildman–Crippen MR) is 117 cm³/mol. The molecule has 26 heavy (non-hydrogen) atoms. The van der Waals surface area contributed by atoms with E-state index in [0.29, 0.717) is 6.54 Å². The van der Waals surface area contributed by atoms with E-state index in [1.54, 1.807) is 6.07 Å². The standard InChI is InChI=1S/C20H27FN4.HI/c1-4-22-20(23-11-9-17-6-5-16(3)25-14-17)24-12-10-18-7-8-19(21)13-15(18)2;/h5-8,13-14H,4,9-12H2,1-3H3,(H2,22,23,24);1H. The lowest BCUT2D eigenvalue weighted by atomic mass is 10.1. The van der Waals surface area contributed by atoms with Crippen molar-refractivity contribution in [3.8, 4) is 0 Å². The summed E-state index contributed by atoms with van der Waals surface area (Å²) in [6, 6.07) is 9.04. The number of nitrogens with zero attached hydrogens (tertiary/aromatic N) is 2. The summed E-state index contributed by atoms with van der Waals surface area (Å²) >= 11 is 0. The Balaban J connectivity index is 0.00000338. The maximum absolute atomic E-state index is 13.1. The quantitative estimate of drug-likeness (QED) is 0.368. The molecule has 6 heteroatoms. The van der Waals surface area contributed by atoms with Crippen molar-refractivity contribution in [1.29, 1.82) is 0 Å². The van der Waals surface area contributed by atoms with Crippen LogP contribution < -0.4 is 10.6 Å². The summed E-state index contributed by atoms with van der Waals surface area (Å²) in [5, 5.41) is 6.60. The van der Waals surface area contributed by atoms with Gasteiger partial charge in [-0.2, -0.15) is 0 Å². The Morgan fingerprint density at radius 3 is 2.58 bits per heavy atom. The van der Waals surface area contributed by atoms with Crippen LogP contribution in [0, 0.1) is 19.7 Å². The number of aryl methyl sites for hydroxylation is 2. The molecule has 0 saturated carbocycles. The van der Waals surface area contributed by atoms with Crippen LogP contribution in [0.15, 0.2) is 41.5 Å². The number of guanidine groups is 1. The van der Waals surface area contributed by atoms with E-state index in [4.69, 9.17) is 0 Å². The molecule has 0 radical (unpaired) electrons. The van der Waals surface area contributed by atoms with Crippen LogP contribution in [0.3, 0.4) is 0 Å². The maximum Gasteiger partial charge on any atom is 0.191 e. The van der Waals surface area contributed by atoms with Crippen LogP contribution in [-0.4, -0.2) is 30.6 Å². The largest absolute Gasteiger partial charge is 0.357 e. The van der Waals surface area contributed by atoms with Gasteiger partial charge in [0, 0.05) is 31.5 Å². The first-order valence-electron chi connectivity index (χ1n) is 8.77. The Morgan fingerprint density at radius 1 is 1.12 bits per heavy atom. The summed E-state index contributed by atoms with van der Waals surface area (Å²) in [5.74, 6) is 0.618. The van der Waals surface area contributed by atoms with Gasteiger partial charge in [0.2, 0.25) is 0 Å². The number of aromatic nitrogens is 1. The molecule has 2 aromatic rings. The zero-order chi connectivity index (χ0) is 18.1. The van der Waals surface area contributed by atoms with Gasteiger partial charge in [0.1, 0.15) is 5.82 Å². The van der Waals surface area contributed by atoms with Gasteiger partial charge in [0.05, 0.1) is 0 Å². The monoisotopic (exact) mass is 470 g/mol. The maximum atomic E-state index is 13.1. The Morgan fingerprint density at radius 2 is 1.92 bits per heavy atom. The van der Waals surface area contributed by atoms with Gasteiger partial charge in [-0.05, 0) is 68.5 Å². The molecule has 0 fully saturated rings. The molecular weight excluding hydrogens is 442 g/mol. The summed E-state index contributed by atoms with van der Waals surface area (Å²) in [5.41, 5.74) is 4.34. The van der Waals surface area contributed by atoms with Crippen LogP contribution in [0.1, 0.15) is 29.3 Å². The molecular formula is C20H28FIN4. The number of aliphatic imine (C=N–C) groups is 1. The van der Waals surface area contributed by atoms with E-state index in [2.05, 4.69) is 26.7 Å². The molecule has 1 heterocycles. The molecule has 0 bridgehead atoms. The van der Waals surface area contributed by atoms with Crippen LogP contribution in [0.4, 0.5) is 4.39 Å². The Bertz CT molecular complexity index is 701. The van der Waals surface area contributed by atoms with Crippen molar-refractivity contribution in [3.05, 3.63) is 64.7 Å². The summed E-state index contributed by atoms with van der Waals surface area (Å²) in [4.78, 5) is 8.91. The van der Waals surface area contributed by atoms with E-state index in [1.165, 1.54) is 11.6 Å². The second kappa shape index (κ2) is 11.8. The fraction of sp³-hybridized carbons (Fsp3) is 0.400. The predicted octanol–water partition coefficient (Wildman–Crippen LogP) is 3.80. The van der Waals surface area contributed by atoms with Crippen molar-refractivity contribution in [1.82, 2.24) is 15.6 Å². The summed E-state index contributed by atoms with van der Waals surface area (Å²) in [7, 11) is 0. The molecule has 0 aliphatic rings. The van der Waals surface area contributed by atoms with E-state index in [9.17, 15) is 4.39 Å². The van der Waals surface area contributed by atoms with Crippen molar-refractivity contribution in [2.75, 3.05) is 19.6 Å². The van der Waals surface area contributed by atoms with Gasteiger partial charge < -0.3 is 10.6 Å². The van der Waals surface area contributed by atoms with Gasteiger partial charge in [-0.15, -0.1) is 24.0 Å². The van der Waals surface area contributed by atoms with Crippen LogP contribution >= 0.6 is 24.0 Å². The fourth-order valence-electron chi connectivity index (χ4n) is 2.54. The molecule has 2 N–H and O–H groups in total. The van der Waals surface area contributed by atoms with Gasteiger partial charge >= 0.3 is 0 Å². The number of hydrogen-bond donors (Lipinski definition) is 2. The zero-order valence-electron chi connectivity index (χ0n) is 15.7. The average Bonchev–Trinajstić information content (AvgIpc) is 2.58. The molecule has 0 amide bonds. The van der Waals surface area contributed by atoms with E-state index in [-0.39, 0.29) is 29.8 Å². The van der Waals surface area contributed by atoms with Crippen LogP contribution in [0.2, 0.25) is 0 Å². The molecule has 0 aliphatic heterocycles. The highest BCUT2D eigenvalue weighted by Gasteiger charge is 2.01. The van der Waals surface area contributed by atoms with Crippen molar-refractivity contribution in [2.24, 2.45) is 4.99 Å². The summed E-state index contributed by atoms with van der Waals surface area (Å²) < 4.78 is 13.1. The first-order valence-corrected chi connectivity index (χ1v) is 8.77. The minimum Gasteiger partial charge on any atom is -0.357 e. The molecule has 4 nitrogen and oxygen atoms in total. The topological polar surface area (TPSA) is 49.3 Å². The Labute approximate surface area is 172 Å². The molecule has 0 aliphatic carbocycles. The third-order valence-electron chi connectivity index (χ3n) is 3.98. The number of pyridine rings is 1. The number of rotatable bonds is 7. The van der Waals surface area contributed by atoms with E-state index in [1.807, 2.05) is 39.1 Å². The second-order valence-electron chi connectivity index (χ2n) is 6.07. The first-order chi connectivity index (χ1) is 12.1. The number of benzene rings is 1. The first kappa shape index (κ1) is 22.3. The molecule has 0 atom stereocenters. The van der Waals surface area contributed by atoms with Gasteiger partial charge in [-0.1, -0.05) is 12.1 Å². The number of hydrogen-bond acceptors (Lipinski definition) is 2. The number of halogens is 2. The lowest BCUT2D eigenvalue weighted by Gasteiger charge is -2.11. The molecule has 2 rings (SSSR count). The number of nitrogens with one attached hydrogen (secondary N) is 2. The molecule has 142 valence electrons. The van der Waals surface area contributed by atoms with E-state index in [0.717, 1.165) is 48.7 Å². The van der Waals surface area contributed by atoms with Crippen LogP contribution in [0.25, 0.3) is 0 Å². The summed E-state index contributed by atoms with van der Waals surface area (Å²) in [6.45, 7) is 8.24. The lowest BCUT2D eigenvalue weighted by molar-refractivity contribution is 0.625. The molecule has 0 unspecified atom stereocenters. The van der Waals surface area contributed by atoms with Gasteiger partial charge in [-0.25, -0.2) is 4.39 Å². The molecule has 1 aromatic heterocycles. The van der Waals surface area contributed by atoms with Crippen LogP contribution in [-0.2, 0) is 12.8 Å². The third-order valence-corrected chi connectivity index (χ3v) is 3.98. The van der Waals surface area contributed by atoms with Gasteiger partial charge in [0.25, 0.3) is 0 Å². The second-order valence-corrected chi connectivity index (χ2v) is 6.07. The van der Waals surface area contributed by atoms with E-state index >= 15 is 0 Å². The Kier molecular flexibility index (Phi) is 10.2. The van der Waals surface area contributed by atoms with Crippen molar-refractivity contribution in [3.63, 3.8) is 0 Å².